The molecule has 2 saturated carbocycles. The first-order valence-electron chi connectivity index (χ1n) is 7.14. The summed E-state index contributed by atoms with van der Waals surface area (Å²) < 4.78 is 0. The maximum atomic E-state index is 12.0. The molecule has 4 heteroatoms. The molecule has 4 rings (SSSR count). The highest BCUT2D eigenvalue weighted by Gasteiger charge is 2.30. The molecule has 0 spiro atoms. The fourth-order valence-corrected chi connectivity index (χ4v) is 2.88. The van der Waals surface area contributed by atoms with E-state index in [1.807, 2.05) is 0 Å². The average Bonchev–Trinajstić information content (AvgIpc) is 3.23. The Morgan fingerprint density at radius 2 is 2.11 bits per heavy atom. The number of H-pyrrole nitrogens is 1. The molecule has 3 aliphatic rings. The number of fused-ring (bicyclic) bond motifs is 1. The Labute approximate surface area is 106 Å². The first-order chi connectivity index (χ1) is 8.79. The van der Waals surface area contributed by atoms with Crippen molar-refractivity contribution < 1.29 is 0 Å². The van der Waals surface area contributed by atoms with Gasteiger partial charge in [-0.3, -0.25) is 9.69 Å². The second kappa shape index (κ2) is 3.92. The van der Waals surface area contributed by atoms with Gasteiger partial charge in [0.2, 0.25) is 0 Å². The molecule has 0 saturated heterocycles. The van der Waals surface area contributed by atoms with Crippen LogP contribution in [0.4, 0.5) is 0 Å². The zero-order valence-corrected chi connectivity index (χ0v) is 10.6. The first kappa shape index (κ1) is 10.7. The van der Waals surface area contributed by atoms with Crippen LogP contribution in [0.1, 0.15) is 48.7 Å². The summed E-state index contributed by atoms with van der Waals surface area (Å²) in [4.78, 5) is 22.2. The van der Waals surface area contributed by atoms with Crippen molar-refractivity contribution >= 4 is 0 Å². The van der Waals surface area contributed by atoms with Crippen LogP contribution in [-0.2, 0) is 13.0 Å². The van der Waals surface area contributed by atoms with Crippen LogP contribution in [0, 0.1) is 5.92 Å². The smallest absolute Gasteiger partial charge is 0.254 e. The maximum absolute atomic E-state index is 12.0. The number of hydrogen-bond acceptors (Lipinski definition) is 3. The Bertz CT molecular complexity index is 528. The van der Waals surface area contributed by atoms with E-state index in [0.717, 1.165) is 42.5 Å². The zero-order valence-electron chi connectivity index (χ0n) is 10.6. The van der Waals surface area contributed by atoms with Crippen molar-refractivity contribution in [3.63, 3.8) is 0 Å². The topological polar surface area (TPSA) is 49.0 Å². The summed E-state index contributed by atoms with van der Waals surface area (Å²) in [5.74, 6) is 2.38. The predicted molar refractivity (Wildman–Crippen MR) is 68.5 cm³/mol. The van der Waals surface area contributed by atoms with Crippen molar-refractivity contribution in [3.05, 3.63) is 27.4 Å². The van der Waals surface area contributed by atoms with E-state index in [-0.39, 0.29) is 5.56 Å². The van der Waals surface area contributed by atoms with E-state index in [9.17, 15) is 4.79 Å². The summed E-state index contributed by atoms with van der Waals surface area (Å²) >= 11 is 0. The summed E-state index contributed by atoms with van der Waals surface area (Å²) in [5, 5.41) is 0. The Balaban J connectivity index is 1.61. The van der Waals surface area contributed by atoms with Gasteiger partial charge in [0.05, 0.1) is 5.69 Å². The largest absolute Gasteiger partial charge is 0.310 e. The Kier molecular flexibility index (Phi) is 2.34. The Morgan fingerprint density at radius 3 is 2.83 bits per heavy atom. The van der Waals surface area contributed by atoms with Gasteiger partial charge in [0, 0.05) is 31.1 Å². The summed E-state index contributed by atoms with van der Waals surface area (Å²) in [6.45, 7) is 3.11. The highest BCUT2D eigenvalue weighted by atomic mass is 16.1. The summed E-state index contributed by atoms with van der Waals surface area (Å²) in [6, 6.07) is 0. The molecule has 1 aromatic rings. The second-order valence-electron chi connectivity index (χ2n) is 6.08. The van der Waals surface area contributed by atoms with Crippen molar-refractivity contribution in [1.29, 1.82) is 0 Å². The van der Waals surface area contributed by atoms with Crippen LogP contribution in [0.2, 0.25) is 0 Å². The molecule has 0 bridgehead atoms. The molecule has 1 aliphatic heterocycles. The lowest BCUT2D eigenvalue weighted by atomic mass is 10.1. The predicted octanol–water partition coefficient (Wildman–Crippen LogP) is 1.42. The van der Waals surface area contributed by atoms with Crippen LogP contribution >= 0.6 is 0 Å². The van der Waals surface area contributed by atoms with Gasteiger partial charge in [-0.05, 0) is 38.0 Å². The van der Waals surface area contributed by atoms with Crippen LogP contribution in [-0.4, -0.2) is 28.0 Å². The van der Waals surface area contributed by atoms with E-state index in [0.29, 0.717) is 5.92 Å². The van der Waals surface area contributed by atoms with E-state index in [1.54, 1.807) is 0 Å². The minimum Gasteiger partial charge on any atom is -0.310 e. The van der Waals surface area contributed by atoms with Gasteiger partial charge in [0.1, 0.15) is 5.82 Å². The number of rotatable bonds is 3. The SMILES string of the molecule is O=c1[nH]c(C2CC2)nc2c1CCN(CC1CC1)C2. The van der Waals surface area contributed by atoms with E-state index in [1.165, 1.54) is 32.2 Å². The summed E-state index contributed by atoms with van der Waals surface area (Å²) in [5.41, 5.74) is 2.10. The quantitative estimate of drug-likeness (QED) is 0.876. The monoisotopic (exact) mass is 245 g/mol. The van der Waals surface area contributed by atoms with E-state index < -0.39 is 0 Å². The third-order valence-corrected chi connectivity index (χ3v) is 4.35. The third kappa shape index (κ3) is 1.99. The minimum absolute atomic E-state index is 0.118. The lowest BCUT2D eigenvalue weighted by Gasteiger charge is -2.27. The fraction of sp³-hybridized carbons (Fsp3) is 0.714. The number of aromatic amines is 1. The maximum Gasteiger partial charge on any atom is 0.254 e. The molecule has 1 aromatic heterocycles. The van der Waals surface area contributed by atoms with Crippen molar-refractivity contribution in [2.75, 3.05) is 13.1 Å². The van der Waals surface area contributed by atoms with Crippen LogP contribution in [0.25, 0.3) is 0 Å². The highest BCUT2D eigenvalue weighted by molar-refractivity contribution is 5.23. The van der Waals surface area contributed by atoms with E-state index in [4.69, 9.17) is 4.98 Å². The number of aromatic nitrogens is 2. The van der Waals surface area contributed by atoms with Gasteiger partial charge < -0.3 is 4.98 Å². The Morgan fingerprint density at radius 1 is 1.28 bits per heavy atom. The van der Waals surface area contributed by atoms with E-state index >= 15 is 0 Å². The molecule has 2 heterocycles. The molecule has 0 radical (unpaired) electrons. The zero-order chi connectivity index (χ0) is 12.1. The summed E-state index contributed by atoms with van der Waals surface area (Å²) in [6.07, 6.45) is 6.02. The van der Waals surface area contributed by atoms with Gasteiger partial charge in [-0.2, -0.15) is 0 Å². The normalized spacial score (nSPS) is 24.0. The van der Waals surface area contributed by atoms with Gasteiger partial charge >= 0.3 is 0 Å². The van der Waals surface area contributed by atoms with Crippen LogP contribution in [0.5, 0.6) is 0 Å². The highest BCUT2D eigenvalue weighted by Crippen LogP contribution is 2.38. The molecule has 18 heavy (non-hydrogen) atoms. The van der Waals surface area contributed by atoms with Crippen molar-refractivity contribution in [3.8, 4) is 0 Å². The molecule has 0 amide bonds. The van der Waals surface area contributed by atoms with Gasteiger partial charge in [-0.15, -0.1) is 0 Å². The lowest BCUT2D eigenvalue weighted by Crippen LogP contribution is -2.36. The fourth-order valence-electron chi connectivity index (χ4n) is 2.88. The molecule has 0 unspecified atom stereocenters. The van der Waals surface area contributed by atoms with Crippen molar-refractivity contribution in [2.24, 2.45) is 5.92 Å². The van der Waals surface area contributed by atoms with Gasteiger partial charge in [0.15, 0.2) is 0 Å². The molecule has 0 aromatic carbocycles. The van der Waals surface area contributed by atoms with Crippen molar-refractivity contribution in [1.82, 2.24) is 14.9 Å². The molecule has 0 atom stereocenters. The molecule has 4 nitrogen and oxygen atoms in total. The number of hydrogen-bond donors (Lipinski definition) is 1. The van der Waals surface area contributed by atoms with E-state index in [2.05, 4.69) is 9.88 Å². The van der Waals surface area contributed by atoms with Crippen LogP contribution < -0.4 is 5.56 Å². The molecule has 1 N–H and O–H groups in total. The van der Waals surface area contributed by atoms with Gasteiger partial charge in [-0.25, -0.2) is 4.98 Å². The lowest BCUT2D eigenvalue weighted by molar-refractivity contribution is 0.238. The molecule has 2 fully saturated rings. The minimum atomic E-state index is 0.118. The molecular formula is C14H19N3O. The summed E-state index contributed by atoms with van der Waals surface area (Å²) in [7, 11) is 0. The third-order valence-electron chi connectivity index (χ3n) is 4.35. The number of nitrogens with one attached hydrogen (secondary N) is 1. The Hall–Kier alpha value is -1.16. The van der Waals surface area contributed by atoms with Crippen LogP contribution in [0.15, 0.2) is 4.79 Å². The van der Waals surface area contributed by atoms with Crippen molar-refractivity contribution in [2.45, 2.75) is 44.6 Å². The van der Waals surface area contributed by atoms with Crippen LogP contribution in [0.3, 0.4) is 0 Å². The van der Waals surface area contributed by atoms with Gasteiger partial charge in [0.25, 0.3) is 5.56 Å². The molecule has 96 valence electrons. The second-order valence-corrected chi connectivity index (χ2v) is 6.08. The first-order valence-corrected chi connectivity index (χ1v) is 7.14. The van der Waals surface area contributed by atoms with Gasteiger partial charge in [-0.1, -0.05) is 0 Å². The average molecular weight is 245 g/mol. The number of nitrogens with zero attached hydrogens (tertiary/aromatic N) is 2. The molecular weight excluding hydrogens is 226 g/mol. The molecule has 2 aliphatic carbocycles. The standard InChI is InChI=1S/C14H19N3O/c18-14-11-5-6-17(7-9-1-2-9)8-12(11)15-13(16-14)10-3-4-10/h9-10H,1-8H2,(H,15,16,18).